The third kappa shape index (κ3) is 4.73. The van der Waals surface area contributed by atoms with E-state index in [1.807, 2.05) is 0 Å². The molecule has 1 saturated carbocycles. The summed E-state index contributed by atoms with van der Waals surface area (Å²) < 4.78 is 0. The molecule has 2 heterocycles. The normalized spacial score (nSPS) is 24.4. The second kappa shape index (κ2) is 8.86. The molecule has 0 spiro atoms. The fourth-order valence-corrected chi connectivity index (χ4v) is 4.69. The predicted molar refractivity (Wildman–Crippen MR) is 104 cm³/mol. The molecule has 2 fully saturated rings. The smallest absolute Gasteiger partial charge is 0.191 e. The van der Waals surface area contributed by atoms with Gasteiger partial charge in [-0.3, -0.25) is 9.89 Å². The van der Waals surface area contributed by atoms with E-state index in [1.165, 1.54) is 50.8 Å². The number of hydrogen-bond acceptors (Lipinski definition) is 3. The SMILES string of the molecule is CCNC(=NCC(C)c1ccsc1)NC1CCN(C2CCCC2)C1. The predicted octanol–water partition coefficient (Wildman–Crippen LogP) is 3.42. The summed E-state index contributed by atoms with van der Waals surface area (Å²) in [6.07, 6.45) is 6.88. The van der Waals surface area contributed by atoms with Gasteiger partial charge in [0.25, 0.3) is 0 Å². The van der Waals surface area contributed by atoms with Crippen LogP contribution in [-0.4, -0.2) is 49.1 Å². The number of rotatable bonds is 6. The minimum absolute atomic E-state index is 0.477. The Kier molecular flexibility index (Phi) is 6.55. The Morgan fingerprint density at radius 3 is 2.92 bits per heavy atom. The van der Waals surface area contributed by atoms with Crippen molar-refractivity contribution in [3.8, 4) is 0 Å². The summed E-state index contributed by atoms with van der Waals surface area (Å²) in [7, 11) is 0. The first-order chi connectivity index (χ1) is 11.8. The van der Waals surface area contributed by atoms with E-state index in [2.05, 4.69) is 46.2 Å². The third-order valence-electron chi connectivity index (χ3n) is 5.38. The van der Waals surface area contributed by atoms with Crippen LogP contribution in [0.3, 0.4) is 0 Å². The highest BCUT2D eigenvalue weighted by molar-refractivity contribution is 7.07. The lowest BCUT2D eigenvalue weighted by Gasteiger charge is -2.24. The topological polar surface area (TPSA) is 39.7 Å². The van der Waals surface area contributed by atoms with E-state index in [-0.39, 0.29) is 0 Å². The van der Waals surface area contributed by atoms with Crippen molar-refractivity contribution in [3.05, 3.63) is 22.4 Å². The van der Waals surface area contributed by atoms with Crippen LogP contribution < -0.4 is 10.6 Å². The van der Waals surface area contributed by atoms with Gasteiger partial charge in [0.2, 0.25) is 0 Å². The van der Waals surface area contributed by atoms with Crippen molar-refractivity contribution in [2.45, 2.75) is 64.0 Å². The average molecular weight is 349 g/mol. The molecule has 1 aliphatic carbocycles. The number of likely N-dealkylation sites (tertiary alicyclic amines) is 1. The Morgan fingerprint density at radius 1 is 1.38 bits per heavy atom. The van der Waals surface area contributed by atoms with Gasteiger partial charge in [0, 0.05) is 44.2 Å². The molecule has 2 N–H and O–H groups in total. The number of guanidine groups is 1. The van der Waals surface area contributed by atoms with Gasteiger partial charge in [0.05, 0.1) is 0 Å². The monoisotopic (exact) mass is 348 g/mol. The van der Waals surface area contributed by atoms with Crippen molar-refractivity contribution < 1.29 is 0 Å². The summed E-state index contributed by atoms with van der Waals surface area (Å²) in [4.78, 5) is 7.53. The van der Waals surface area contributed by atoms with Gasteiger partial charge in [-0.2, -0.15) is 11.3 Å². The van der Waals surface area contributed by atoms with E-state index < -0.39 is 0 Å². The maximum absolute atomic E-state index is 4.84. The molecule has 2 atom stereocenters. The Balaban J connectivity index is 1.51. The van der Waals surface area contributed by atoms with Gasteiger partial charge in [0.15, 0.2) is 5.96 Å². The van der Waals surface area contributed by atoms with Gasteiger partial charge in [-0.1, -0.05) is 19.8 Å². The lowest BCUT2D eigenvalue weighted by molar-refractivity contribution is 0.242. The zero-order chi connectivity index (χ0) is 16.8. The summed E-state index contributed by atoms with van der Waals surface area (Å²) in [6, 6.07) is 3.59. The molecule has 0 bridgehead atoms. The molecule has 2 unspecified atom stereocenters. The van der Waals surface area contributed by atoms with Crippen LogP contribution in [-0.2, 0) is 0 Å². The van der Waals surface area contributed by atoms with Crippen molar-refractivity contribution in [1.82, 2.24) is 15.5 Å². The Morgan fingerprint density at radius 2 is 2.21 bits per heavy atom. The van der Waals surface area contributed by atoms with E-state index in [0.717, 1.165) is 25.1 Å². The minimum Gasteiger partial charge on any atom is -0.357 e. The van der Waals surface area contributed by atoms with Crippen LogP contribution in [0.4, 0.5) is 0 Å². The lowest BCUT2D eigenvalue weighted by atomic mass is 10.1. The summed E-state index contributed by atoms with van der Waals surface area (Å²) in [5, 5.41) is 11.5. The fourth-order valence-electron chi connectivity index (χ4n) is 3.91. The largest absolute Gasteiger partial charge is 0.357 e. The molecule has 24 heavy (non-hydrogen) atoms. The molecule has 1 aliphatic heterocycles. The van der Waals surface area contributed by atoms with Crippen molar-refractivity contribution >= 4 is 17.3 Å². The number of nitrogens with one attached hydrogen (secondary N) is 2. The molecule has 0 amide bonds. The highest BCUT2D eigenvalue weighted by Gasteiger charge is 2.30. The molecule has 0 radical (unpaired) electrons. The summed E-state index contributed by atoms with van der Waals surface area (Å²) in [5.41, 5.74) is 1.40. The third-order valence-corrected chi connectivity index (χ3v) is 6.08. The molecule has 2 aliphatic rings. The maximum atomic E-state index is 4.84. The summed E-state index contributed by atoms with van der Waals surface area (Å²) >= 11 is 1.77. The van der Waals surface area contributed by atoms with Gasteiger partial charge in [-0.05, 0) is 48.6 Å². The number of thiophene rings is 1. The van der Waals surface area contributed by atoms with E-state index in [1.54, 1.807) is 11.3 Å². The summed E-state index contributed by atoms with van der Waals surface area (Å²) in [6.45, 7) is 8.57. The molecule has 1 aromatic heterocycles. The Hall–Kier alpha value is -1.07. The van der Waals surface area contributed by atoms with E-state index in [9.17, 15) is 0 Å². The Bertz CT molecular complexity index is 507. The van der Waals surface area contributed by atoms with Crippen molar-refractivity contribution in [2.75, 3.05) is 26.2 Å². The second-order valence-corrected chi connectivity index (χ2v) is 8.02. The first kappa shape index (κ1) is 17.7. The molecular weight excluding hydrogens is 316 g/mol. The average Bonchev–Trinajstić information content (AvgIpc) is 3.33. The zero-order valence-electron chi connectivity index (χ0n) is 15.1. The summed E-state index contributed by atoms with van der Waals surface area (Å²) in [5.74, 6) is 1.46. The molecule has 0 aromatic carbocycles. The minimum atomic E-state index is 0.477. The quantitative estimate of drug-likeness (QED) is 0.611. The van der Waals surface area contributed by atoms with Crippen molar-refractivity contribution in [1.29, 1.82) is 0 Å². The Labute approximate surface area is 150 Å². The first-order valence-electron chi connectivity index (χ1n) is 9.57. The van der Waals surface area contributed by atoms with Gasteiger partial charge >= 0.3 is 0 Å². The van der Waals surface area contributed by atoms with Gasteiger partial charge < -0.3 is 10.6 Å². The molecule has 5 heteroatoms. The highest BCUT2D eigenvalue weighted by atomic mass is 32.1. The molecular formula is C19H32N4S. The van der Waals surface area contributed by atoms with Crippen LogP contribution in [0.5, 0.6) is 0 Å². The molecule has 3 rings (SSSR count). The van der Waals surface area contributed by atoms with Gasteiger partial charge in [-0.25, -0.2) is 0 Å². The number of aliphatic imine (C=N–C) groups is 1. The van der Waals surface area contributed by atoms with Crippen LogP contribution in [0.1, 0.15) is 57.4 Å². The highest BCUT2D eigenvalue weighted by Crippen LogP contribution is 2.26. The van der Waals surface area contributed by atoms with Crippen LogP contribution in [0.15, 0.2) is 21.8 Å². The molecule has 1 aromatic rings. The second-order valence-electron chi connectivity index (χ2n) is 7.24. The van der Waals surface area contributed by atoms with Crippen molar-refractivity contribution in [3.63, 3.8) is 0 Å². The van der Waals surface area contributed by atoms with E-state index >= 15 is 0 Å². The molecule has 4 nitrogen and oxygen atoms in total. The maximum Gasteiger partial charge on any atom is 0.191 e. The zero-order valence-corrected chi connectivity index (χ0v) is 15.9. The van der Waals surface area contributed by atoms with Crippen LogP contribution in [0.25, 0.3) is 0 Å². The van der Waals surface area contributed by atoms with E-state index in [4.69, 9.17) is 4.99 Å². The molecule has 1 saturated heterocycles. The number of hydrogen-bond donors (Lipinski definition) is 2. The number of nitrogens with zero attached hydrogens (tertiary/aromatic N) is 2. The molecule has 134 valence electrons. The van der Waals surface area contributed by atoms with Gasteiger partial charge in [0.1, 0.15) is 0 Å². The van der Waals surface area contributed by atoms with Crippen LogP contribution in [0, 0.1) is 0 Å². The van der Waals surface area contributed by atoms with Crippen LogP contribution in [0.2, 0.25) is 0 Å². The van der Waals surface area contributed by atoms with Crippen molar-refractivity contribution in [2.24, 2.45) is 4.99 Å². The van der Waals surface area contributed by atoms with Crippen LogP contribution >= 0.6 is 11.3 Å². The lowest BCUT2D eigenvalue weighted by Crippen LogP contribution is -2.45. The van der Waals surface area contributed by atoms with E-state index in [0.29, 0.717) is 12.0 Å². The first-order valence-corrected chi connectivity index (χ1v) is 10.5. The standard InChI is InChI=1S/C19H32N4S/c1-3-20-19(21-12-15(2)16-9-11-24-14-16)22-17-8-10-23(13-17)18-6-4-5-7-18/h9,11,14-15,17-18H,3-8,10,12-13H2,1-2H3,(H2,20,21,22). The fraction of sp³-hybridized carbons (Fsp3) is 0.737. The van der Waals surface area contributed by atoms with Gasteiger partial charge in [-0.15, -0.1) is 0 Å².